The van der Waals surface area contributed by atoms with E-state index in [1.807, 2.05) is 0 Å². The average molecular weight is 662 g/mol. The highest BCUT2D eigenvalue weighted by molar-refractivity contribution is 9.11. The Morgan fingerprint density at radius 1 is 1.03 bits per heavy atom. The third-order valence-electron chi connectivity index (χ3n) is 5.96. The molecule has 1 saturated heterocycles. The van der Waals surface area contributed by atoms with Crippen LogP contribution in [0.4, 0.5) is 0 Å². The maximum absolute atomic E-state index is 13.4. The van der Waals surface area contributed by atoms with Gasteiger partial charge in [0.05, 0.1) is 19.6 Å². The number of hydrogen-bond donors (Lipinski definition) is 0. The summed E-state index contributed by atoms with van der Waals surface area (Å²) in [4.78, 5) is 50.1. The van der Waals surface area contributed by atoms with Crippen molar-refractivity contribution >= 4 is 79.6 Å². The summed E-state index contributed by atoms with van der Waals surface area (Å²) >= 11 is 16.6. The molecule has 39 heavy (non-hydrogen) atoms. The minimum Gasteiger partial charge on any atom is -0.463 e. The van der Waals surface area contributed by atoms with E-state index in [1.165, 1.54) is 51.4 Å². The molecule has 0 N–H and O–H groups in total. The Hall–Kier alpha value is -2.22. The molecule has 5 atom stereocenters. The van der Waals surface area contributed by atoms with Crippen molar-refractivity contribution in [2.45, 2.75) is 51.8 Å². The highest BCUT2D eigenvalue weighted by Gasteiger charge is 2.60. The Balaban J connectivity index is 2.23. The third-order valence-corrected chi connectivity index (χ3v) is 8.17. The molecule has 1 aromatic carbocycles. The second-order valence-corrected chi connectivity index (χ2v) is 12.2. The van der Waals surface area contributed by atoms with E-state index >= 15 is 0 Å². The number of thiophene rings is 1. The molecule has 2 aromatic rings. The van der Waals surface area contributed by atoms with E-state index < -0.39 is 47.9 Å². The van der Waals surface area contributed by atoms with Gasteiger partial charge < -0.3 is 23.7 Å². The Kier molecular flexibility index (Phi) is 10.4. The van der Waals surface area contributed by atoms with E-state index in [4.69, 9.17) is 47.5 Å². The van der Waals surface area contributed by atoms with Crippen molar-refractivity contribution < 1.29 is 42.9 Å². The van der Waals surface area contributed by atoms with Gasteiger partial charge >= 0.3 is 17.9 Å². The number of ether oxygens (including phenoxy) is 5. The summed E-state index contributed by atoms with van der Waals surface area (Å²) in [5.74, 6) is -5.06. The third kappa shape index (κ3) is 6.93. The summed E-state index contributed by atoms with van der Waals surface area (Å²) in [7, 11) is 1.36. The topological polar surface area (TPSA) is 114 Å². The van der Waals surface area contributed by atoms with E-state index in [1.54, 1.807) is 25.1 Å². The average Bonchev–Trinajstić information content (AvgIpc) is 3.29. The molecule has 0 radical (unpaired) electrons. The van der Waals surface area contributed by atoms with Gasteiger partial charge in [-0.3, -0.25) is 19.2 Å². The van der Waals surface area contributed by atoms with Gasteiger partial charge in [-0.2, -0.15) is 0 Å². The number of halogens is 2. The van der Waals surface area contributed by atoms with Gasteiger partial charge in [-0.05, 0) is 47.1 Å². The summed E-state index contributed by atoms with van der Waals surface area (Å²) in [6.45, 7) is 4.84. The van der Waals surface area contributed by atoms with E-state index in [2.05, 4.69) is 15.9 Å². The molecule has 3 rings (SSSR count). The lowest BCUT2D eigenvalue weighted by Crippen LogP contribution is -2.65. The number of ketones is 1. The van der Waals surface area contributed by atoms with Gasteiger partial charge in [0.1, 0.15) is 12.7 Å². The predicted molar refractivity (Wildman–Crippen MR) is 150 cm³/mol. The van der Waals surface area contributed by atoms with Crippen LogP contribution in [0.15, 0.2) is 34.1 Å². The largest absolute Gasteiger partial charge is 0.463 e. The highest BCUT2D eigenvalue weighted by atomic mass is 79.9. The Morgan fingerprint density at radius 3 is 2.18 bits per heavy atom. The van der Waals surface area contributed by atoms with Crippen LogP contribution in [-0.4, -0.2) is 60.6 Å². The van der Waals surface area contributed by atoms with Crippen LogP contribution in [0, 0.1) is 5.92 Å². The van der Waals surface area contributed by atoms with Gasteiger partial charge in [0.25, 0.3) is 0 Å². The van der Waals surface area contributed by atoms with Gasteiger partial charge in [-0.25, -0.2) is 0 Å². The van der Waals surface area contributed by atoms with E-state index in [-0.39, 0.29) is 23.0 Å². The minimum absolute atomic E-state index is 0.173. The summed E-state index contributed by atoms with van der Waals surface area (Å²) in [6.07, 6.45) is -3.54. The van der Waals surface area contributed by atoms with E-state index in [0.717, 1.165) is 3.79 Å². The summed E-state index contributed by atoms with van der Waals surface area (Å²) in [5, 5.41) is 0.191. The zero-order valence-electron chi connectivity index (χ0n) is 21.6. The van der Waals surface area contributed by atoms with Crippen molar-refractivity contribution in [3.05, 3.63) is 55.1 Å². The van der Waals surface area contributed by atoms with Crippen LogP contribution in [0.3, 0.4) is 0 Å². The molecule has 2 heterocycles. The molecule has 0 aliphatic carbocycles. The molecule has 1 fully saturated rings. The molecule has 0 amide bonds. The Labute approximate surface area is 248 Å². The van der Waals surface area contributed by atoms with Gasteiger partial charge in [-0.15, -0.1) is 11.3 Å². The molecule has 210 valence electrons. The van der Waals surface area contributed by atoms with Gasteiger partial charge in [0.15, 0.2) is 12.2 Å². The quantitative estimate of drug-likeness (QED) is 0.157. The number of thiocarbonyl (C=S) groups is 1. The molecule has 0 spiro atoms. The minimum atomic E-state index is -1.76. The second-order valence-electron chi connectivity index (χ2n) is 8.69. The first-order valence-electron chi connectivity index (χ1n) is 11.6. The van der Waals surface area contributed by atoms with Crippen LogP contribution < -0.4 is 0 Å². The molecule has 9 nitrogen and oxygen atoms in total. The maximum Gasteiger partial charge on any atom is 0.303 e. The lowest BCUT2D eigenvalue weighted by Gasteiger charge is -2.51. The lowest BCUT2D eigenvalue weighted by atomic mass is 9.78. The number of esters is 3. The van der Waals surface area contributed by atoms with E-state index in [0.29, 0.717) is 15.3 Å². The monoisotopic (exact) mass is 660 g/mol. The van der Waals surface area contributed by atoms with Gasteiger partial charge in [-0.1, -0.05) is 29.9 Å². The number of carbonyl (C=O) groups excluding carboxylic acids is 4. The first kappa shape index (κ1) is 31.3. The smallest absolute Gasteiger partial charge is 0.303 e. The summed E-state index contributed by atoms with van der Waals surface area (Å²) < 4.78 is 29.6. The fraction of sp³-hybridized carbons (Fsp3) is 0.423. The normalized spacial score (nSPS) is 24.5. The first-order valence-corrected chi connectivity index (χ1v) is 14.0. The zero-order chi connectivity index (χ0) is 29.1. The maximum atomic E-state index is 13.4. The Morgan fingerprint density at radius 2 is 1.67 bits per heavy atom. The van der Waals surface area contributed by atoms with E-state index in [9.17, 15) is 19.2 Å². The number of rotatable bonds is 9. The molecular formula is C26H26BrClO9S2. The van der Waals surface area contributed by atoms with Crippen LogP contribution >= 0.6 is 51.1 Å². The zero-order valence-corrected chi connectivity index (χ0v) is 25.6. The SMILES string of the molecule is COC1(c2ccc(Cl)c(C(=O)c3ccc(Br)s3)c2)O[C@H](COC(C)=O)[C@@H](OC(C)=O)[C@H](OC(C)=O)[C@H]1C(C)=S. The molecule has 1 aliphatic rings. The number of benzene rings is 1. The molecule has 0 saturated carbocycles. The van der Waals surface area contributed by atoms with Crippen LogP contribution in [0.1, 0.15) is 48.5 Å². The standard InChI is InChI=1S/C26H26BrClO9S2/c1-12(38)22-25(36-15(4)31)24(35-14(3)30)19(11-34-13(2)29)37-26(22,33-5)16-6-7-18(28)17(10-16)23(32)20-8-9-21(27)39-20/h6-10,19,22,24-25H,11H2,1-5H3/t19-,22-,24-,25-,26?/m1/s1. The molecule has 0 bridgehead atoms. The molecule has 1 aliphatic heterocycles. The Bertz CT molecular complexity index is 1300. The first-order chi connectivity index (χ1) is 18.3. The summed E-state index contributed by atoms with van der Waals surface area (Å²) in [5.41, 5.74) is 0.501. The summed E-state index contributed by atoms with van der Waals surface area (Å²) in [6, 6.07) is 8.06. The fourth-order valence-corrected chi connectivity index (χ4v) is 6.33. The van der Waals surface area contributed by atoms with Crippen molar-refractivity contribution in [2.24, 2.45) is 5.92 Å². The predicted octanol–water partition coefficient (Wildman–Crippen LogP) is 5.03. The fourth-order valence-electron chi connectivity index (χ4n) is 4.50. The van der Waals surface area contributed by atoms with Crippen molar-refractivity contribution in [3.8, 4) is 0 Å². The highest BCUT2D eigenvalue weighted by Crippen LogP contribution is 2.47. The van der Waals surface area contributed by atoms with Crippen molar-refractivity contribution in [1.29, 1.82) is 0 Å². The van der Waals surface area contributed by atoms with Crippen LogP contribution in [0.2, 0.25) is 5.02 Å². The van der Waals surface area contributed by atoms with Crippen LogP contribution in [0.25, 0.3) is 0 Å². The lowest BCUT2D eigenvalue weighted by molar-refractivity contribution is -0.341. The van der Waals surface area contributed by atoms with Crippen LogP contribution in [-0.2, 0) is 43.9 Å². The molecular weight excluding hydrogens is 636 g/mol. The van der Waals surface area contributed by atoms with Gasteiger partial charge in [0, 0.05) is 43.9 Å². The van der Waals surface area contributed by atoms with Gasteiger partial charge in [0.2, 0.25) is 11.6 Å². The van der Waals surface area contributed by atoms with Crippen molar-refractivity contribution in [2.75, 3.05) is 13.7 Å². The number of methoxy groups -OCH3 is 1. The second kappa shape index (κ2) is 13.0. The van der Waals surface area contributed by atoms with Crippen molar-refractivity contribution in [3.63, 3.8) is 0 Å². The van der Waals surface area contributed by atoms with Crippen molar-refractivity contribution in [1.82, 2.24) is 0 Å². The molecule has 13 heteroatoms. The van der Waals surface area contributed by atoms with Crippen LogP contribution in [0.5, 0.6) is 0 Å². The molecule has 1 unspecified atom stereocenters. The molecule has 1 aromatic heterocycles. The number of hydrogen-bond acceptors (Lipinski definition) is 11. The number of carbonyl (C=O) groups is 4.